The molecule has 0 atom stereocenters. The standard InChI is InChI=1S/C11H22N2O4S/c1-18(16,17)13-7-4-10(5-8-13)11(15)12-6-2-3-9-14/h10,14H,2-9H2,1H3,(H,12,15). The van der Waals surface area contributed by atoms with Crippen LogP contribution in [0.3, 0.4) is 0 Å². The van der Waals surface area contributed by atoms with Crippen LogP contribution in [0.2, 0.25) is 0 Å². The van der Waals surface area contributed by atoms with Crippen LogP contribution in [0.5, 0.6) is 0 Å². The van der Waals surface area contributed by atoms with Crippen molar-refractivity contribution in [3.8, 4) is 0 Å². The van der Waals surface area contributed by atoms with E-state index in [2.05, 4.69) is 5.32 Å². The largest absolute Gasteiger partial charge is 0.396 e. The van der Waals surface area contributed by atoms with Gasteiger partial charge in [0.25, 0.3) is 0 Å². The van der Waals surface area contributed by atoms with Crippen LogP contribution in [-0.2, 0) is 14.8 Å². The van der Waals surface area contributed by atoms with Gasteiger partial charge in [0.1, 0.15) is 0 Å². The molecule has 1 fully saturated rings. The number of sulfonamides is 1. The summed E-state index contributed by atoms with van der Waals surface area (Å²) in [4.78, 5) is 11.8. The van der Waals surface area contributed by atoms with Crippen molar-refractivity contribution in [1.29, 1.82) is 0 Å². The predicted molar refractivity (Wildman–Crippen MR) is 68.5 cm³/mol. The van der Waals surface area contributed by atoms with Crippen LogP contribution in [0.1, 0.15) is 25.7 Å². The van der Waals surface area contributed by atoms with Crippen LogP contribution in [0.15, 0.2) is 0 Å². The fraction of sp³-hybridized carbons (Fsp3) is 0.909. The van der Waals surface area contributed by atoms with Gasteiger partial charge < -0.3 is 10.4 Å². The minimum absolute atomic E-state index is 0.00101. The lowest BCUT2D eigenvalue weighted by Crippen LogP contribution is -2.42. The summed E-state index contributed by atoms with van der Waals surface area (Å²) < 4.78 is 24.0. The van der Waals surface area contributed by atoms with Crippen LogP contribution in [-0.4, -0.2) is 56.2 Å². The number of hydrogen-bond acceptors (Lipinski definition) is 4. The first-order valence-corrected chi connectivity index (χ1v) is 8.13. The fourth-order valence-corrected chi connectivity index (χ4v) is 2.92. The van der Waals surface area contributed by atoms with Gasteiger partial charge in [0, 0.05) is 32.2 Å². The number of carbonyl (C=O) groups excluding carboxylic acids is 1. The van der Waals surface area contributed by atoms with Crippen molar-refractivity contribution >= 4 is 15.9 Å². The lowest BCUT2D eigenvalue weighted by molar-refractivity contribution is -0.126. The molecular weight excluding hydrogens is 256 g/mol. The Bertz CT molecular complexity index is 361. The zero-order valence-corrected chi connectivity index (χ0v) is 11.6. The average molecular weight is 278 g/mol. The number of aliphatic hydroxyl groups excluding tert-OH is 1. The molecule has 0 aromatic rings. The number of unbranched alkanes of at least 4 members (excludes halogenated alkanes) is 1. The Hall–Kier alpha value is -0.660. The van der Waals surface area contributed by atoms with Crippen LogP contribution in [0.4, 0.5) is 0 Å². The molecule has 0 radical (unpaired) electrons. The molecule has 0 aromatic carbocycles. The van der Waals surface area contributed by atoms with E-state index in [-0.39, 0.29) is 18.4 Å². The van der Waals surface area contributed by atoms with E-state index in [0.29, 0.717) is 38.9 Å². The molecule has 106 valence electrons. The zero-order chi connectivity index (χ0) is 13.6. The van der Waals surface area contributed by atoms with Crippen molar-refractivity contribution in [2.75, 3.05) is 32.5 Å². The molecule has 0 spiro atoms. The Morgan fingerprint density at radius 2 is 1.94 bits per heavy atom. The summed E-state index contributed by atoms with van der Waals surface area (Å²) in [6.07, 6.45) is 3.82. The van der Waals surface area contributed by atoms with E-state index in [1.807, 2.05) is 0 Å². The third kappa shape index (κ3) is 4.91. The van der Waals surface area contributed by atoms with E-state index in [0.717, 1.165) is 6.42 Å². The monoisotopic (exact) mass is 278 g/mol. The van der Waals surface area contributed by atoms with Crippen molar-refractivity contribution < 1.29 is 18.3 Å². The lowest BCUT2D eigenvalue weighted by Gasteiger charge is -2.29. The van der Waals surface area contributed by atoms with E-state index < -0.39 is 10.0 Å². The topological polar surface area (TPSA) is 86.7 Å². The maximum absolute atomic E-state index is 11.8. The third-order valence-corrected chi connectivity index (χ3v) is 4.48. The number of rotatable bonds is 6. The number of nitrogens with one attached hydrogen (secondary N) is 1. The molecule has 6 nitrogen and oxygen atoms in total. The zero-order valence-electron chi connectivity index (χ0n) is 10.8. The van der Waals surface area contributed by atoms with Crippen molar-refractivity contribution in [3.05, 3.63) is 0 Å². The normalized spacial score (nSPS) is 18.8. The van der Waals surface area contributed by atoms with Gasteiger partial charge in [0.15, 0.2) is 0 Å². The molecule has 1 amide bonds. The molecule has 1 rings (SSSR count). The molecule has 0 bridgehead atoms. The first-order valence-electron chi connectivity index (χ1n) is 6.29. The minimum atomic E-state index is -3.13. The van der Waals surface area contributed by atoms with Gasteiger partial charge in [0.2, 0.25) is 15.9 Å². The number of carbonyl (C=O) groups is 1. The minimum Gasteiger partial charge on any atom is -0.396 e. The molecule has 1 heterocycles. The Balaban J connectivity index is 2.28. The van der Waals surface area contributed by atoms with Gasteiger partial charge in [-0.2, -0.15) is 0 Å². The third-order valence-electron chi connectivity index (χ3n) is 3.18. The fourth-order valence-electron chi connectivity index (χ4n) is 2.04. The van der Waals surface area contributed by atoms with Crippen molar-refractivity contribution in [3.63, 3.8) is 0 Å². The van der Waals surface area contributed by atoms with Crippen molar-refractivity contribution in [2.24, 2.45) is 5.92 Å². The van der Waals surface area contributed by atoms with Gasteiger partial charge in [-0.1, -0.05) is 0 Å². The SMILES string of the molecule is CS(=O)(=O)N1CCC(C(=O)NCCCCO)CC1. The predicted octanol–water partition coefficient (Wildman–Crippen LogP) is -0.453. The van der Waals surface area contributed by atoms with Gasteiger partial charge in [-0.3, -0.25) is 4.79 Å². The Morgan fingerprint density at radius 1 is 1.33 bits per heavy atom. The molecule has 1 saturated heterocycles. The lowest BCUT2D eigenvalue weighted by atomic mass is 9.97. The van der Waals surface area contributed by atoms with Gasteiger partial charge in [-0.05, 0) is 25.7 Å². The average Bonchev–Trinajstić information content (AvgIpc) is 2.33. The van der Waals surface area contributed by atoms with Gasteiger partial charge in [-0.25, -0.2) is 12.7 Å². The maximum atomic E-state index is 11.8. The van der Waals surface area contributed by atoms with Gasteiger partial charge in [-0.15, -0.1) is 0 Å². The molecule has 1 aliphatic heterocycles. The summed E-state index contributed by atoms with van der Waals surface area (Å²) in [7, 11) is -3.13. The van der Waals surface area contributed by atoms with Crippen LogP contribution >= 0.6 is 0 Å². The van der Waals surface area contributed by atoms with E-state index in [1.54, 1.807) is 0 Å². The molecule has 18 heavy (non-hydrogen) atoms. The van der Waals surface area contributed by atoms with Crippen LogP contribution in [0.25, 0.3) is 0 Å². The molecule has 0 saturated carbocycles. The second kappa shape index (κ2) is 7.06. The smallest absolute Gasteiger partial charge is 0.223 e. The number of piperidine rings is 1. The maximum Gasteiger partial charge on any atom is 0.223 e. The summed E-state index contributed by atoms with van der Waals surface area (Å²) in [5.74, 6) is -0.0850. The molecular formula is C11H22N2O4S. The quantitative estimate of drug-likeness (QED) is 0.644. The molecule has 7 heteroatoms. The van der Waals surface area contributed by atoms with E-state index in [9.17, 15) is 13.2 Å². The second-order valence-electron chi connectivity index (χ2n) is 4.66. The first-order chi connectivity index (χ1) is 8.45. The number of nitrogens with zero attached hydrogens (tertiary/aromatic N) is 1. The molecule has 0 aromatic heterocycles. The summed E-state index contributed by atoms with van der Waals surface area (Å²) in [5.41, 5.74) is 0. The molecule has 1 aliphatic rings. The second-order valence-corrected chi connectivity index (χ2v) is 6.64. The van der Waals surface area contributed by atoms with Crippen LogP contribution in [0, 0.1) is 5.92 Å². The highest BCUT2D eigenvalue weighted by Gasteiger charge is 2.28. The summed E-state index contributed by atoms with van der Waals surface area (Å²) in [5, 5.41) is 11.4. The molecule has 0 aliphatic carbocycles. The highest BCUT2D eigenvalue weighted by molar-refractivity contribution is 7.88. The van der Waals surface area contributed by atoms with E-state index in [4.69, 9.17) is 5.11 Å². The first kappa shape index (κ1) is 15.4. The highest BCUT2D eigenvalue weighted by atomic mass is 32.2. The van der Waals surface area contributed by atoms with E-state index >= 15 is 0 Å². The summed E-state index contributed by atoms with van der Waals surface area (Å²) in [6, 6.07) is 0. The van der Waals surface area contributed by atoms with Crippen molar-refractivity contribution in [1.82, 2.24) is 9.62 Å². The Kier molecular flexibility index (Phi) is 6.04. The number of hydrogen-bond donors (Lipinski definition) is 2. The Morgan fingerprint density at radius 3 is 2.44 bits per heavy atom. The Labute approximate surface area is 108 Å². The van der Waals surface area contributed by atoms with Crippen LogP contribution < -0.4 is 5.32 Å². The summed E-state index contributed by atoms with van der Waals surface area (Å²) in [6.45, 7) is 1.56. The number of aliphatic hydroxyl groups is 1. The highest BCUT2D eigenvalue weighted by Crippen LogP contribution is 2.19. The molecule has 0 unspecified atom stereocenters. The van der Waals surface area contributed by atoms with E-state index in [1.165, 1.54) is 10.6 Å². The summed E-state index contributed by atoms with van der Waals surface area (Å²) >= 11 is 0. The number of amides is 1. The molecule has 2 N–H and O–H groups in total. The van der Waals surface area contributed by atoms with Crippen molar-refractivity contribution in [2.45, 2.75) is 25.7 Å². The van der Waals surface area contributed by atoms with Gasteiger partial charge in [0.05, 0.1) is 6.26 Å². The van der Waals surface area contributed by atoms with Gasteiger partial charge >= 0.3 is 0 Å².